The lowest BCUT2D eigenvalue weighted by atomic mass is 10.6. The van der Waals surface area contributed by atoms with Crippen LogP contribution in [0.25, 0.3) is 0 Å². The molecule has 0 saturated carbocycles. The lowest BCUT2D eigenvalue weighted by Gasteiger charge is -2.14. The molecule has 1 aromatic heterocycles. The Morgan fingerprint density at radius 1 is 1.47 bits per heavy atom. The SMILES string of the molecule is COC(CNS(=O)(=O)c1c(Br)nnn1C)OC. The maximum Gasteiger partial charge on any atom is 0.260 e. The molecule has 1 heterocycles. The summed E-state index contributed by atoms with van der Waals surface area (Å²) in [5, 5.41) is 7.13. The Bertz CT molecular complexity index is 451. The van der Waals surface area contributed by atoms with Gasteiger partial charge in [-0.25, -0.2) is 17.8 Å². The fraction of sp³-hybridized carbons (Fsp3) is 0.714. The van der Waals surface area contributed by atoms with Crippen LogP contribution in [-0.2, 0) is 26.5 Å². The van der Waals surface area contributed by atoms with Gasteiger partial charge in [0.2, 0.25) is 5.03 Å². The number of nitrogens with zero attached hydrogens (tertiary/aromatic N) is 3. The molecule has 0 fully saturated rings. The lowest BCUT2D eigenvalue weighted by molar-refractivity contribution is -0.0960. The van der Waals surface area contributed by atoms with Gasteiger partial charge in [-0.1, -0.05) is 5.21 Å². The van der Waals surface area contributed by atoms with Crippen LogP contribution in [-0.4, -0.2) is 50.5 Å². The van der Waals surface area contributed by atoms with Crippen LogP contribution in [0, 0.1) is 0 Å². The Kier molecular flexibility index (Phi) is 5.01. The summed E-state index contributed by atoms with van der Waals surface area (Å²) in [7, 11) is 0.611. The van der Waals surface area contributed by atoms with Gasteiger partial charge in [0.05, 0.1) is 6.54 Å². The molecule has 1 N–H and O–H groups in total. The van der Waals surface area contributed by atoms with Gasteiger partial charge in [0.15, 0.2) is 10.9 Å². The molecular formula is C7H13BrN4O4S. The molecule has 0 aromatic carbocycles. The number of methoxy groups -OCH3 is 2. The van der Waals surface area contributed by atoms with Crippen LogP contribution in [0.5, 0.6) is 0 Å². The molecule has 0 aliphatic heterocycles. The van der Waals surface area contributed by atoms with Crippen LogP contribution < -0.4 is 4.72 Å². The highest BCUT2D eigenvalue weighted by molar-refractivity contribution is 9.10. The molecule has 0 amide bonds. The number of aryl methyl sites for hydroxylation is 1. The number of hydrogen-bond acceptors (Lipinski definition) is 6. The topological polar surface area (TPSA) is 95.3 Å². The molecule has 10 heteroatoms. The molecule has 0 saturated heterocycles. The van der Waals surface area contributed by atoms with Gasteiger partial charge in [-0.3, -0.25) is 0 Å². The number of halogens is 1. The third-order valence-electron chi connectivity index (χ3n) is 1.96. The van der Waals surface area contributed by atoms with Crippen LogP contribution in [0.1, 0.15) is 0 Å². The summed E-state index contributed by atoms with van der Waals surface area (Å²) >= 11 is 3.02. The van der Waals surface area contributed by atoms with Crippen molar-refractivity contribution in [2.24, 2.45) is 7.05 Å². The number of ether oxygens (including phenoxy) is 2. The minimum Gasteiger partial charge on any atom is -0.355 e. The number of sulfonamides is 1. The van der Waals surface area contributed by atoms with E-state index in [0.29, 0.717) is 0 Å². The summed E-state index contributed by atoms with van der Waals surface area (Å²) < 4.78 is 37.2. The van der Waals surface area contributed by atoms with Gasteiger partial charge in [0, 0.05) is 21.3 Å². The molecule has 0 aliphatic rings. The molecule has 98 valence electrons. The van der Waals surface area contributed by atoms with Gasteiger partial charge in [0.25, 0.3) is 10.0 Å². The van der Waals surface area contributed by atoms with Gasteiger partial charge in [-0.05, 0) is 15.9 Å². The molecule has 17 heavy (non-hydrogen) atoms. The smallest absolute Gasteiger partial charge is 0.260 e. The minimum atomic E-state index is -3.71. The predicted molar refractivity (Wildman–Crippen MR) is 61.7 cm³/mol. The van der Waals surface area contributed by atoms with E-state index in [1.165, 1.54) is 21.3 Å². The quantitative estimate of drug-likeness (QED) is 0.706. The van der Waals surface area contributed by atoms with Crippen LogP contribution in [0.15, 0.2) is 9.63 Å². The first-order chi connectivity index (χ1) is 7.92. The van der Waals surface area contributed by atoms with E-state index < -0.39 is 16.3 Å². The summed E-state index contributed by atoms with van der Waals surface area (Å²) in [6.45, 7) is -0.00699. The molecule has 1 aromatic rings. The summed E-state index contributed by atoms with van der Waals surface area (Å²) in [6.07, 6.45) is -0.648. The Morgan fingerprint density at radius 2 is 2.06 bits per heavy atom. The third kappa shape index (κ3) is 3.45. The minimum absolute atomic E-state index is 0.00699. The number of aromatic nitrogens is 3. The average molecular weight is 329 g/mol. The van der Waals surface area contributed by atoms with Crippen molar-refractivity contribution in [3.63, 3.8) is 0 Å². The second-order valence-electron chi connectivity index (χ2n) is 3.06. The van der Waals surface area contributed by atoms with E-state index in [4.69, 9.17) is 9.47 Å². The van der Waals surface area contributed by atoms with Crippen LogP contribution in [0.4, 0.5) is 0 Å². The van der Waals surface area contributed by atoms with Gasteiger partial charge in [0.1, 0.15) is 0 Å². The number of nitrogens with one attached hydrogen (secondary N) is 1. The first kappa shape index (κ1) is 14.5. The van der Waals surface area contributed by atoms with E-state index in [2.05, 4.69) is 31.0 Å². The zero-order chi connectivity index (χ0) is 13.1. The largest absolute Gasteiger partial charge is 0.355 e. The lowest BCUT2D eigenvalue weighted by Crippen LogP contribution is -2.35. The molecule has 0 bridgehead atoms. The number of rotatable bonds is 6. The summed E-state index contributed by atoms with van der Waals surface area (Å²) in [5.41, 5.74) is 0. The molecule has 0 atom stereocenters. The van der Waals surface area contributed by atoms with Crippen molar-refractivity contribution < 1.29 is 17.9 Å². The van der Waals surface area contributed by atoms with Crippen molar-refractivity contribution in [2.45, 2.75) is 11.3 Å². The molecule has 0 unspecified atom stereocenters. The fourth-order valence-corrected chi connectivity index (χ4v) is 3.22. The van der Waals surface area contributed by atoms with Crippen molar-refractivity contribution in [1.29, 1.82) is 0 Å². The average Bonchev–Trinajstić information content (AvgIpc) is 2.60. The highest BCUT2D eigenvalue weighted by Crippen LogP contribution is 2.17. The molecule has 0 aliphatic carbocycles. The molecule has 1 rings (SSSR count). The fourth-order valence-electron chi connectivity index (χ4n) is 1.12. The highest BCUT2D eigenvalue weighted by Gasteiger charge is 2.24. The molecule has 0 spiro atoms. The van der Waals surface area contributed by atoms with E-state index in [-0.39, 0.29) is 16.2 Å². The second-order valence-corrected chi connectivity index (χ2v) is 5.50. The van der Waals surface area contributed by atoms with Crippen molar-refractivity contribution in [2.75, 3.05) is 20.8 Å². The van der Waals surface area contributed by atoms with E-state index in [0.717, 1.165) is 4.68 Å². The van der Waals surface area contributed by atoms with E-state index >= 15 is 0 Å². The van der Waals surface area contributed by atoms with E-state index in [9.17, 15) is 8.42 Å². The highest BCUT2D eigenvalue weighted by atomic mass is 79.9. The maximum absolute atomic E-state index is 11.9. The maximum atomic E-state index is 11.9. The monoisotopic (exact) mass is 328 g/mol. The standard InChI is InChI=1S/C7H13BrN4O4S/c1-12-7(6(8)10-11-12)17(13,14)9-4-5(15-2)16-3/h5,9H,4H2,1-3H3. The van der Waals surface area contributed by atoms with E-state index in [1.807, 2.05) is 0 Å². The van der Waals surface area contributed by atoms with Gasteiger partial charge in [-0.2, -0.15) is 0 Å². The summed E-state index contributed by atoms with van der Waals surface area (Å²) in [4.78, 5) is 0. The first-order valence-electron chi connectivity index (χ1n) is 4.52. The first-order valence-corrected chi connectivity index (χ1v) is 6.80. The molecular weight excluding hydrogens is 316 g/mol. The van der Waals surface area contributed by atoms with E-state index in [1.54, 1.807) is 0 Å². The zero-order valence-corrected chi connectivity index (χ0v) is 11.9. The zero-order valence-electron chi connectivity index (χ0n) is 9.55. The van der Waals surface area contributed by atoms with Crippen molar-refractivity contribution in [3.8, 4) is 0 Å². The predicted octanol–water partition coefficient (Wildman–Crippen LogP) is -0.525. The van der Waals surface area contributed by atoms with Gasteiger partial charge < -0.3 is 9.47 Å². The van der Waals surface area contributed by atoms with Crippen LogP contribution in [0.3, 0.4) is 0 Å². The Morgan fingerprint density at radius 3 is 2.47 bits per heavy atom. The Hall–Kier alpha value is -0.550. The van der Waals surface area contributed by atoms with Crippen molar-refractivity contribution >= 4 is 26.0 Å². The van der Waals surface area contributed by atoms with Gasteiger partial charge >= 0.3 is 0 Å². The Labute approximate surface area is 107 Å². The van der Waals surface area contributed by atoms with Crippen molar-refractivity contribution in [1.82, 2.24) is 19.7 Å². The normalized spacial score (nSPS) is 12.3. The van der Waals surface area contributed by atoms with Crippen molar-refractivity contribution in [3.05, 3.63) is 4.60 Å². The number of hydrogen-bond donors (Lipinski definition) is 1. The molecule has 8 nitrogen and oxygen atoms in total. The van der Waals surface area contributed by atoms with Gasteiger partial charge in [-0.15, -0.1) is 5.10 Å². The Balaban J connectivity index is 2.83. The van der Waals surface area contributed by atoms with Crippen LogP contribution in [0.2, 0.25) is 0 Å². The summed E-state index contributed by atoms with van der Waals surface area (Å²) in [5.74, 6) is 0. The second kappa shape index (κ2) is 5.87. The molecule has 0 radical (unpaired) electrons. The van der Waals surface area contributed by atoms with Crippen LogP contribution >= 0.6 is 15.9 Å². The third-order valence-corrected chi connectivity index (χ3v) is 4.27. The summed E-state index contributed by atoms with van der Waals surface area (Å²) in [6, 6.07) is 0.